The topological polar surface area (TPSA) is 101 Å². The molecule has 1 heterocycles. The molecule has 0 saturated carbocycles. The molecule has 0 unspecified atom stereocenters. The molecule has 2 aromatic rings. The van der Waals surface area contributed by atoms with E-state index in [4.69, 9.17) is 23.2 Å². The van der Waals surface area contributed by atoms with Gasteiger partial charge in [-0.05, 0) is 38.1 Å². The zero-order valence-corrected chi connectivity index (χ0v) is 15.1. The Balaban J connectivity index is 2.19. The molecule has 128 valence electrons. The maximum atomic E-state index is 12.4. The number of amides is 1. The molecule has 0 radical (unpaired) electrons. The predicted octanol–water partition coefficient (Wildman–Crippen LogP) is 2.64. The molecule has 1 aromatic heterocycles. The van der Waals surface area contributed by atoms with Gasteiger partial charge in [-0.3, -0.25) is 9.52 Å². The number of halogens is 2. The van der Waals surface area contributed by atoms with Gasteiger partial charge in [0.25, 0.3) is 15.9 Å². The lowest BCUT2D eigenvalue weighted by Crippen LogP contribution is -2.19. The standard InChI is InChI=1S/C14H14Cl2N4O3S/c1-8-7-12(18-9(2)17-8)20-24(22,23)11-5-3-10(4-6-11)19-14(21)13(15)16/h3-7,13H,1-2H3,(H,19,21)(H,17,18,20). The molecule has 0 atom stereocenters. The highest BCUT2D eigenvalue weighted by Crippen LogP contribution is 2.18. The molecule has 10 heteroatoms. The SMILES string of the molecule is Cc1cc(NS(=O)(=O)c2ccc(NC(=O)C(Cl)Cl)cc2)nc(C)n1. The maximum absolute atomic E-state index is 12.4. The van der Waals surface area contributed by atoms with Crippen molar-refractivity contribution in [3.63, 3.8) is 0 Å². The molecular weight excluding hydrogens is 375 g/mol. The second-order valence-corrected chi connectivity index (χ2v) is 7.64. The molecular formula is C14H14Cl2N4O3S. The molecule has 0 spiro atoms. The smallest absolute Gasteiger partial charge is 0.263 e. The highest BCUT2D eigenvalue weighted by molar-refractivity contribution is 7.92. The minimum atomic E-state index is -3.81. The summed E-state index contributed by atoms with van der Waals surface area (Å²) in [6.45, 7) is 3.41. The van der Waals surface area contributed by atoms with E-state index in [0.29, 0.717) is 17.2 Å². The van der Waals surface area contributed by atoms with Crippen LogP contribution in [-0.4, -0.2) is 29.1 Å². The quantitative estimate of drug-likeness (QED) is 0.766. The number of carbonyl (C=O) groups excluding carboxylic acids is 1. The van der Waals surface area contributed by atoms with Gasteiger partial charge in [0, 0.05) is 17.4 Å². The van der Waals surface area contributed by atoms with Gasteiger partial charge < -0.3 is 5.32 Å². The first-order valence-electron chi connectivity index (χ1n) is 6.71. The van der Waals surface area contributed by atoms with Crippen molar-refractivity contribution in [3.05, 3.63) is 41.9 Å². The third kappa shape index (κ3) is 4.80. The van der Waals surface area contributed by atoms with Crippen molar-refractivity contribution in [1.82, 2.24) is 9.97 Å². The Morgan fingerprint density at radius 2 is 1.75 bits per heavy atom. The lowest BCUT2D eigenvalue weighted by Gasteiger charge is -2.10. The molecule has 0 aliphatic rings. The van der Waals surface area contributed by atoms with Gasteiger partial charge in [0.15, 0.2) is 4.84 Å². The number of rotatable bonds is 5. The third-order valence-corrected chi connectivity index (χ3v) is 4.60. The van der Waals surface area contributed by atoms with Crippen molar-refractivity contribution in [2.75, 3.05) is 10.0 Å². The number of aryl methyl sites for hydroxylation is 2. The van der Waals surface area contributed by atoms with E-state index < -0.39 is 20.8 Å². The summed E-state index contributed by atoms with van der Waals surface area (Å²) in [5.74, 6) is 0.0472. The average molecular weight is 389 g/mol. The number of anilines is 2. The maximum Gasteiger partial charge on any atom is 0.263 e. The first kappa shape index (κ1) is 18.4. The van der Waals surface area contributed by atoms with E-state index in [1.54, 1.807) is 13.8 Å². The number of alkyl halides is 2. The largest absolute Gasteiger partial charge is 0.324 e. The molecule has 2 rings (SSSR count). The Labute approximate surface area is 149 Å². The Morgan fingerprint density at radius 3 is 2.29 bits per heavy atom. The van der Waals surface area contributed by atoms with Gasteiger partial charge in [0.2, 0.25) is 0 Å². The van der Waals surface area contributed by atoms with Crippen LogP contribution in [0.1, 0.15) is 11.5 Å². The molecule has 2 N–H and O–H groups in total. The number of carbonyl (C=O) groups is 1. The second-order valence-electron chi connectivity index (χ2n) is 4.86. The lowest BCUT2D eigenvalue weighted by molar-refractivity contribution is -0.114. The molecule has 0 aliphatic carbocycles. The van der Waals surface area contributed by atoms with Crippen molar-refractivity contribution < 1.29 is 13.2 Å². The third-order valence-electron chi connectivity index (χ3n) is 2.84. The average Bonchev–Trinajstić information content (AvgIpc) is 2.46. The molecule has 24 heavy (non-hydrogen) atoms. The number of hydrogen-bond donors (Lipinski definition) is 2. The number of sulfonamides is 1. The van der Waals surface area contributed by atoms with Crippen LogP contribution in [0.2, 0.25) is 0 Å². The summed E-state index contributed by atoms with van der Waals surface area (Å²) in [5, 5.41) is 2.45. The van der Waals surface area contributed by atoms with E-state index >= 15 is 0 Å². The van der Waals surface area contributed by atoms with E-state index in [0.717, 1.165) is 0 Å². The van der Waals surface area contributed by atoms with Crippen LogP contribution in [0.15, 0.2) is 35.2 Å². The van der Waals surface area contributed by atoms with Crippen LogP contribution in [0.4, 0.5) is 11.5 Å². The Hall–Kier alpha value is -1.90. The zero-order valence-electron chi connectivity index (χ0n) is 12.7. The van der Waals surface area contributed by atoms with Crippen molar-refractivity contribution in [3.8, 4) is 0 Å². The highest BCUT2D eigenvalue weighted by Gasteiger charge is 2.16. The van der Waals surface area contributed by atoms with Crippen LogP contribution in [0, 0.1) is 13.8 Å². The van der Waals surface area contributed by atoms with Crippen LogP contribution in [0.3, 0.4) is 0 Å². The normalized spacial score (nSPS) is 11.4. The summed E-state index contributed by atoms with van der Waals surface area (Å²) in [6, 6.07) is 7.07. The Kier molecular flexibility index (Phi) is 5.63. The number of nitrogens with zero attached hydrogens (tertiary/aromatic N) is 2. The fourth-order valence-corrected chi connectivity index (χ4v) is 2.98. The highest BCUT2D eigenvalue weighted by atomic mass is 35.5. The Bertz CT molecular complexity index is 835. The van der Waals surface area contributed by atoms with Crippen LogP contribution >= 0.6 is 23.2 Å². The molecule has 0 aliphatic heterocycles. The first-order chi connectivity index (χ1) is 11.2. The van der Waals surface area contributed by atoms with Crippen LogP contribution in [0.5, 0.6) is 0 Å². The van der Waals surface area contributed by atoms with Gasteiger partial charge in [-0.25, -0.2) is 18.4 Å². The number of aromatic nitrogens is 2. The van der Waals surface area contributed by atoms with Gasteiger partial charge in [-0.1, -0.05) is 23.2 Å². The van der Waals surface area contributed by atoms with E-state index in [9.17, 15) is 13.2 Å². The van der Waals surface area contributed by atoms with E-state index in [1.807, 2.05) is 0 Å². The molecule has 0 fully saturated rings. The minimum Gasteiger partial charge on any atom is -0.324 e. The van der Waals surface area contributed by atoms with E-state index in [-0.39, 0.29) is 10.7 Å². The molecule has 0 bridgehead atoms. The van der Waals surface area contributed by atoms with Gasteiger partial charge in [-0.15, -0.1) is 0 Å². The minimum absolute atomic E-state index is 0.0164. The van der Waals surface area contributed by atoms with Gasteiger partial charge in [0.1, 0.15) is 11.6 Å². The molecule has 7 nitrogen and oxygen atoms in total. The fraction of sp³-hybridized carbons (Fsp3) is 0.214. The van der Waals surface area contributed by atoms with Gasteiger partial charge >= 0.3 is 0 Å². The van der Waals surface area contributed by atoms with Gasteiger partial charge in [0.05, 0.1) is 4.90 Å². The van der Waals surface area contributed by atoms with Crippen LogP contribution in [0.25, 0.3) is 0 Å². The summed E-state index contributed by atoms with van der Waals surface area (Å²) >= 11 is 10.9. The summed E-state index contributed by atoms with van der Waals surface area (Å²) in [5.41, 5.74) is 1.02. The first-order valence-corrected chi connectivity index (χ1v) is 9.07. The zero-order chi connectivity index (χ0) is 17.9. The van der Waals surface area contributed by atoms with Crippen molar-refractivity contribution in [1.29, 1.82) is 0 Å². The van der Waals surface area contributed by atoms with Crippen LogP contribution < -0.4 is 10.0 Å². The summed E-state index contributed by atoms with van der Waals surface area (Å²) in [4.78, 5) is 18.3. The molecule has 1 amide bonds. The summed E-state index contributed by atoms with van der Waals surface area (Å²) in [6.07, 6.45) is 0. The predicted molar refractivity (Wildman–Crippen MR) is 92.9 cm³/mol. The van der Waals surface area contributed by atoms with Gasteiger partial charge in [-0.2, -0.15) is 0 Å². The molecule has 1 aromatic carbocycles. The summed E-state index contributed by atoms with van der Waals surface area (Å²) < 4.78 is 27.1. The van der Waals surface area contributed by atoms with Crippen LogP contribution in [-0.2, 0) is 14.8 Å². The number of hydrogen-bond acceptors (Lipinski definition) is 5. The lowest BCUT2D eigenvalue weighted by atomic mass is 10.3. The van der Waals surface area contributed by atoms with E-state index in [2.05, 4.69) is 20.0 Å². The molecule has 0 saturated heterocycles. The number of nitrogens with one attached hydrogen (secondary N) is 2. The van der Waals surface area contributed by atoms with Crippen molar-refractivity contribution in [2.24, 2.45) is 0 Å². The second kappa shape index (κ2) is 7.33. The summed E-state index contributed by atoms with van der Waals surface area (Å²) in [7, 11) is -3.81. The fourth-order valence-electron chi connectivity index (χ4n) is 1.88. The van der Waals surface area contributed by atoms with E-state index in [1.165, 1.54) is 30.3 Å². The number of benzene rings is 1. The Morgan fingerprint density at radius 1 is 1.12 bits per heavy atom. The van der Waals surface area contributed by atoms with Crippen molar-refractivity contribution >= 4 is 50.6 Å². The monoisotopic (exact) mass is 388 g/mol. The van der Waals surface area contributed by atoms with Crippen molar-refractivity contribution in [2.45, 2.75) is 23.6 Å².